The number of aliphatic hydroxyl groups excluding tert-OH is 1. The summed E-state index contributed by atoms with van der Waals surface area (Å²) in [6.45, 7) is 1.35. The highest BCUT2D eigenvalue weighted by atomic mass is 32.2. The molecule has 0 bridgehead atoms. The van der Waals surface area contributed by atoms with Crippen LogP contribution in [0.5, 0.6) is 0 Å². The normalized spacial score (nSPS) is 19.7. The Balaban J connectivity index is 1.63. The van der Waals surface area contributed by atoms with Crippen molar-refractivity contribution in [3.63, 3.8) is 0 Å². The van der Waals surface area contributed by atoms with E-state index in [1.54, 1.807) is 0 Å². The quantitative estimate of drug-likeness (QED) is 0.602. The Hall–Kier alpha value is -0.510. The third-order valence-corrected chi connectivity index (χ3v) is 4.33. The van der Waals surface area contributed by atoms with E-state index < -0.39 is 0 Å². The minimum absolute atomic E-state index is 0.137. The van der Waals surface area contributed by atoms with Crippen LogP contribution in [0.15, 0.2) is 29.2 Å². The molecule has 1 aromatic carbocycles. The van der Waals surface area contributed by atoms with Crippen LogP contribution < -0.4 is 5.32 Å². The van der Waals surface area contributed by atoms with E-state index in [1.807, 2.05) is 23.9 Å². The van der Waals surface area contributed by atoms with Crippen LogP contribution in [0.3, 0.4) is 0 Å². The zero-order chi connectivity index (χ0) is 11.9. The number of thioether (sulfide) groups is 1. The second-order valence-corrected chi connectivity index (χ2v) is 5.75. The predicted molar refractivity (Wildman–Crippen MR) is 73.3 cm³/mol. The highest BCUT2D eigenvalue weighted by molar-refractivity contribution is 7.99. The maximum absolute atomic E-state index is 8.95. The number of benzene rings is 1. The molecule has 1 fully saturated rings. The molecule has 2 nitrogen and oxygen atoms in total. The first kappa shape index (κ1) is 12.9. The van der Waals surface area contributed by atoms with Crippen LogP contribution in [0.1, 0.15) is 31.2 Å². The molecular formula is C14H21NOS. The van der Waals surface area contributed by atoms with E-state index in [-0.39, 0.29) is 6.61 Å². The molecule has 94 valence electrons. The molecule has 1 aromatic rings. The van der Waals surface area contributed by atoms with E-state index in [1.165, 1.54) is 42.9 Å². The molecule has 0 amide bonds. The van der Waals surface area contributed by atoms with E-state index in [9.17, 15) is 0 Å². The first-order valence-corrected chi connectivity index (χ1v) is 7.43. The average Bonchev–Trinajstić information content (AvgIpc) is 2.88. The van der Waals surface area contributed by atoms with Crippen molar-refractivity contribution < 1.29 is 5.11 Å². The Bertz CT molecular complexity index is 319. The van der Waals surface area contributed by atoms with Gasteiger partial charge in [-0.25, -0.2) is 0 Å². The topological polar surface area (TPSA) is 32.3 Å². The van der Waals surface area contributed by atoms with Gasteiger partial charge in [0.15, 0.2) is 0 Å². The smallest absolute Gasteiger partial charge is 0.0681 e. The summed E-state index contributed by atoms with van der Waals surface area (Å²) in [5.74, 6) is 1.19. The van der Waals surface area contributed by atoms with Gasteiger partial charge in [-0.1, -0.05) is 12.1 Å². The van der Waals surface area contributed by atoms with Gasteiger partial charge in [0.25, 0.3) is 0 Å². The van der Waals surface area contributed by atoms with E-state index in [4.69, 9.17) is 5.11 Å². The zero-order valence-electron chi connectivity index (χ0n) is 10.2. The Labute approximate surface area is 108 Å². The molecule has 1 aliphatic heterocycles. The van der Waals surface area contributed by atoms with Crippen LogP contribution >= 0.6 is 11.8 Å². The third-order valence-electron chi connectivity index (χ3n) is 3.23. The average molecular weight is 251 g/mol. The summed E-state index contributed by atoms with van der Waals surface area (Å²) >= 11 is 1.91. The van der Waals surface area contributed by atoms with Gasteiger partial charge in [0, 0.05) is 10.9 Å². The second kappa shape index (κ2) is 7.04. The van der Waals surface area contributed by atoms with Crippen molar-refractivity contribution in [2.75, 3.05) is 12.3 Å². The van der Waals surface area contributed by atoms with Gasteiger partial charge in [-0.15, -0.1) is 11.8 Å². The monoisotopic (exact) mass is 251 g/mol. The molecule has 2 rings (SSSR count). The van der Waals surface area contributed by atoms with Crippen LogP contribution in [-0.2, 0) is 6.61 Å². The summed E-state index contributed by atoms with van der Waals surface area (Å²) < 4.78 is 0. The largest absolute Gasteiger partial charge is 0.392 e. The van der Waals surface area contributed by atoms with Gasteiger partial charge in [-0.2, -0.15) is 0 Å². The molecule has 0 aliphatic carbocycles. The van der Waals surface area contributed by atoms with Gasteiger partial charge >= 0.3 is 0 Å². The van der Waals surface area contributed by atoms with Gasteiger partial charge in [0.1, 0.15) is 0 Å². The summed E-state index contributed by atoms with van der Waals surface area (Å²) in [6, 6.07) is 8.97. The summed E-state index contributed by atoms with van der Waals surface area (Å²) in [5, 5.41) is 12.5. The Morgan fingerprint density at radius 2 is 2.12 bits per heavy atom. The van der Waals surface area contributed by atoms with Gasteiger partial charge in [0.05, 0.1) is 6.61 Å². The molecule has 2 N–H and O–H groups in total. The van der Waals surface area contributed by atoms with Crippen LogP contribution in [0.25, 0.3) is 0 Å². The van der Waals surface area contributed by atoms with Crippen molar-refractivity contribution >= 4 is 11.8 Å². The van der Waals surface area contributed by atoms with Crippen molar-refractivity contribution in [1.29, 1.82) is 0 Å². The second-order valence-electron chi connectivity index (χ2n) is 4.59. The van der Waals surface area contributed by atoms with E-state index in [0.717, 1.165) is 11.6 Å². The minimum atomic E-state index is 0.137. The molecule has 0 spiro atoms. The summed E-state index contributed by atoms with van der Waals surface area (Å²) in [7, 11) is 0. The SMILES string of the molecule is OCc1ccc(SCCCC2CCCN2)cc1. The lowest BCUT2D eigenvalue weighted by atomic mass is 10.1. The van der Waals surface area contributed by atoms with Crippen LogP contribution in [0, 0.1) is 0 Å². The Kier molecular flexibility index (Phi) is 5.36. The maximum atomic E-state index is 8.95. The lowest BCUT2D eigenvalue weighted by Crippen LogP contribution is -2.20. The molecule has 1 heterocycles. The van der Waals surface area contributed by atoms with Gasteiger partial charge in [-0.3, -0.25) is 0 Å². The number of rotatable bonds is 6. The Morgan fingerprint density at radius 1 is 1.29 bits per heavy atom. The molecule has 0 aromatic heterocycles. The molecule has 0 radical (unpaired) electrons. The van der Waals surface area contributed by atoms with E-state index in [2.05, 4.69) is 17.4 Å². The lowest BCUT2D eigenvalue weighted by Gasteiger charge is -2.09. The van der Waals surface area contributed by atoms with Crippen molar-refractivity contribution in [2.45, 2.75) is 43.2 Å². The summed E-state index contributed by atoms with van der Waals surface area (Å²) in [5.41, 5.74) is 0.990. The molecule has 0 saturated carbocycles. The summed E-state index contributed by atoms with van der Waals surface area (Å²) in [4.78, 5) is 1.31. The standard InChI is InChI=1S/C14H21NOS/c16-11-12-5-7-14(8-6-12)17-10-2-4-13-3-1-9-15-13/h5-8,13,15-16H,1-4,9-11H2. The molecular weight excluding hydrogens is 230 g/mol. The van der Waals surface area contributed by atoms with Crippen molar-refractivity contribution in [1.82, 2.24) is 5.32 Å². The summed E-state index contributed by atoms with van der Waals surface area (Å²) in [6.07, 6.45) is 5.29. The predicted octanol–water partition coefficient (Wildman–Crippen LogP) is 2.80. The molecule has 1 saturated heterocycles. The van der Waals surface area contributed by atoms with Crippen LogP contribution in [0.4, 0.5) is 0 Å². The number of nitrogens with one attached hydrogen (secondary N) is 1. The Morgan fingerprint density at radius 3 is 2.76 bits per heavy atom. The number of aliphatic hydroxyl groups is 1. The molecule has 1 aliphatic rings. The fourth-order valence-corrected chi connectivity index (χ4v) is 3.09. The third kappa shape index (κ3) is 4.34. The molecule has 3 heteroatoms. The van der Waals surface area contributed by atoms with Gasteiger partial charge in [-0.05, 0) is 55.7 Å². The number of hydrogen-bond acceptors (Lipinski definition) is 3. The molecule has 1 atom stereocenters. The molecule has 1 unspecified atom stereocenters. The fourth-order valence-electron chi connectivity index (χ4n) is 2.21. The van der Waals surface area contributed by atoms with Crippen molar-refractivity contribution in [3.05, 3.63) is 29.8 Å². The number of hydrogen-bond donors (Lipinski definition) is 2. The minimum Gasteiger partial charge on any atom is -0.392 e. The van der Waals surface area contributed by atoms with E-state index in [0.29, 0.717) is 0 Å². The van der Waals surface area contributed by atoms with E-state index >= 15 is 0 Å². The van der Waals surface area contributed by atoms with Crippen LogP contribution in [-0.4, -0.2) is 23.4 Å². The first-order valence-electron chi connectivity index (χ1n) is 6.44. The fraction of sp³-hybridized carbons (Fsp3) is 0.571. The highest BCUT2D eigenvalue weighted by Crippen LogP contribution is 2.21. The van der Waals surface area contributed by atoms with Crippen molar-refractivity contribution in [3.8, 4) is 0 Å². The first-order chi connectivity index (χ1) is 8.38. The van der Waals surface area contributed by atoms with Crippen LogP contribution in [0.2, 0.25) is 0 Å². The van der Waals surface area contributed by atoms with Gasteiger partial charge < -0.3 is 10.4 Å². The van der Waals surface area contributed by atoms with Crippen molar-refractivity contribution in [2.24, 2.45) is 0 Å². The maximum Gasteiger partial charge on any atom is 0.0681 e. The lowest BCUT2D eigenvalue weighted by molar-refractivity contribution is 0.282. The molecule has 17 heavy (non-hydrogen) atoms. The zero-order valence-corrected chi connectivity index (χ0v) is 11.0. The highest BCUT2D eigenvalue weighted by Gasteiger charge is 2.12. The van der Waals surface area contributed by atoms with Gasteiger partial charge in [0.2, 0.25) is 0 Å².